The van der Waals surface area contributed by atoms with Crippen LogP contribution in [-0.4, -0.2) is 5.78 Å². The van der Waals surface area contributed by atoms with Gasteiger partial charge in [0, 0.05) is 0 Å². The molecule has 1 aromatic carbocycles. The standard InChI is InChI=1S/C20H22O2/c1-5-17-18(6-2)20(17,15-10-8-7-9-11-15)19-12-16(13(3)21)14(4)22-19/h7-12H,5-6H2,1-4H3. The third-order valence-electron chi connectivity index (χ3n) is 4.79. The molecule has 1 aliphatic rings. The first-order valence-electron chi connectivity index (χ1n) is 7.97. The number of hydrogen-bond donors (Lipinski definition) is 0. The van der Waals surface area contributed by atoms with Gasteiger partial charge in [0.2, 0.25) is 0 Å². The molecule has 1 aromatic heterocycles. The fraction of sp³-hybridized carbons (Fsp3) is 0.350. The van der Waals surface area contributed by atoms with Crippen LogP contribution in [0.2, 0.25) is 0 Å². The number of carbonyl (C=O) groups is 1. The van der Waals surface area contributed by atoms with E-state index in [1.54, 1.807) is 6.92 Å². The van der Waals surface area contributed by atoms with Crippen molar-refractivity contribution in [1.82, 2.24) is 0 Å². The van der Waals surface area contributed by atoms with Crippen LogP contribution < -0.4 is 0 Å². The lowest BCUT2D eigenvalue weighted by Gasteiger charge is -2.19. The zero-order valence-electron chi connectivity index (χ0n) is 13.7. The van der Waals surface area contributed by atoms with Crippen molar-refractivity contribution >= 4 is 5.78 Å². The summed E-state index contributed by atoms with van der Waals surface area (Å²) in [5.74, 6) is 1.68. The normalized spacial score (nSPS) is 16.0. The summed E-state index contributed by atoms with van der Waals surface area (Å²) >= 11 is 0. The van der Waals surface area contributed by atoms with Gasteiger partial charge in [-0.2, -0.15) is 0 Å². The first kappa shape index (κ1) is 14.8. The lowest BCUT2D eigenvalue weighted by molar-refractivity contribution is 0.101. The number of hydrogen-bond acceptors (Lipinski definition) is 2. The highest BCUT2D eigenvalue weighted by atomic mass is 16.3. The molecular weight excluding hydrogens is 272 g/mol. The number of aryl methyl sites for hydroxylation is 1. The molecule has 22 heavy (non-hydrogen) atoms. The van der Waals surface area contributed by atoms with Crippen molar-refractivity contribution in [2.75, 3.05) is 0 Å². The summed E-state index contributed by atoms with van der Waals surface area (Å²) in [5.41, 5.74) is 4.59. The van der Waals surface area contributed by atoms with Gasteiger partial charge in [-0.25, -0.2) is 0 Å². The van der Waals surface area contributed by atoms with Gasteiger partial charge in [0.15, 0.2) is 5.78 Å². The van der Waals surface area contributed by atoms with Crippen molar-refractivity contribution in [2.24, 2.45) is 0 Å². The van der Waals surface area contributed by atoms with Crippen molar-refractivity contribution in [1.29, 1.82) is 0 Å². The Balaban J connectivity index is 2.17. The van der Waals surface area contributed by atoms with Crippen molar-refractivity contribution in [3.8, 4) is 0 Å². The number of furan rings is 1. The molecule has 0 bridgehead atoms. The molecule has 2 aromatic rings. The Labute approximate surface area is 131 Å². The van der Waals surface area contributed by atoms with Crippen molar-refractivity contribution in [3.63, 3.8) is 0 Å². The van der Waals surface area contributed by atoms with Gasteiger partial charge in [0.05, 0.1) is 11.0 Å². The summed E-state index contributed by atoms with van der Waals surface area (Å²) in [6.45, 7) is 7.85. The Hall–Kier alpha value is -2.09. The zero-order valence-corrected chi connectivity index (χ0v) is 13.7. The molecule has 0 unspecified atom stereocenters. The number of rotatable bonds is 5. The average Bonchev–Trinajstić information content (AvgIpc) is 3.04. The van der Waals surface area contributed by atoms with Crippen LogP contribution in [0.4, 0.5) is 0 Å². The second kappa shape index (κ2) is 5.28. The maximum Gasteiger partial charge on any atom is 0.163 e. The van der Waals surface area contributed by atoms with Gasteiger partial charge in [-0.1, -0.05) is 44.2 Å². The lowest BCUT2D eigenvalue weighted by atomic mass is 9.84. The first-order chi connectivity index (χ1) is 10.6. The van der Waals surface area contributed by atoms with Gasteiger partial charge < -0.3 is 4.42 Å². The maximum absolute atomic E-state index is 11.8. The van der Waals surface area contributed by atoms with E-state index >= 15 is 0 Å². The largest absolute Gasteiger partial charge is 0.464 e. The van der Waals surface area contributed by atoms with Gasteiger partial charge in [0.1, 0.15) is 11.5 Å². The van der Waals surface area contributed by atoms with Crippen molar-refractivity contribution in [3.05, 3.63) is 70.2 Å². The van der Waals surface area contributed by atoms with Gasteiger partial charge in [-0.15, -0.1) is 0 Å². The second-order valence-electron chi connectivity index (χ2n) is 5.92. The molecule has 2 heteroatoms. The summed E-state index contributed by atoms with van der Waals surface area (Å²) in [4.78, 5) is 11.8. The molecule has 2 nitrogen and oxygen atoms in total. The van der Waals surface area contributed by atoms with Crippen LogP contribution in [0, 0.1) is 6.92 Å². The van der Waals surface area contributed by atoms with Crippen LogP contribution >= 0.6 is 0 Å². The van der Waals surface area contributed by atoms with Gasteiger partial charge in [-0.3, -0.25) is 4.79 Å². The van der Waals surface area contributed by atoms with Crippen LogP contribution in [-0.2, 0) is 5.41 Å². The van der Waals surface area contributed by atoms with Crippen LogP contribution in [0.1, 0.15) is 61.1 Å². The average molecular weight is 294 g/mol. The number of ketones is 1. The highest BCUT2D eigenvalue weighted by Gasteiger charge is 2.55. The smallest absolute Gasteiger partial charge is 0.163 e. The van der Waals surface area contributed by atoms with Crippen LogP contribution in [0.5, 0.6) is 0 Å². The summed E-state index contributed by atoms with van der Waals surface area (Å²) in [5, 5.41) is 0. The van der Waals surface area contributed by atoms with Gasteiger partial charge >= 0.3 is 0 Å². The van der Waals surface area contributed by atoms with E-state index in [9.17, 15) is 4.79 Å². The topological polar surface area (TPSA) is 30.2 Å². The fourth-order valence-electron chi connectivity index (χ4n) is 3.84. The van der Waals surface area contributed by atoms with E-state index in [4.69, 9.17) is 4.42 Å². The molecular formula is C20H22O2. The van der Waals surface area contributed by atoms with E-state index in [1.807, 2.05) is 19.1 Å². The zero-order chi connectivity index (χ0) is 15.9. The molecule has 0 aliphatic heterocycles. The maximum atomic E-state index is 11.8. The minimum Gasteiger partial charge on any atom is -0.464 e. The summed E-state index contributed by atoms with van der Waals surface area (Å²) in [6, 6.07) is 12.4. The minimum atomic E-state index is -0.219. The Morgan fingerprint density at radius 1 is 1.09 bits per heavy atom. The van der Waals surface area contributed by atoms with E-state index in [1.165, 1.54) is 16.7 Å². The summed E-state index contributed by atoms with van der Waals surface area (Å²) < 4.78 is 6.06. The highest BCUT2D eigenvalue weighted by Crippen LogP contribution is 2.61. The van der Waals surface area contributed by atoms with Crippen molar-refractivity contribution < 1.29 is 9.21 Å². The molecule has 0 amide bonds. The lowest BCUT2D eigenvalue weighted by Crippen LogP contribution is -2.15. The van der Waals surface area contributed by atoms with Crippen LogP contribution in [0.15, 0.2) is 52.0 Å². The number of carbonyl (C=O) groups excluding carboxylic acids is 1. The third-order valence-corrected chi connectivity index (χ3v) is 4.79. The predicted molar refractivity (Wildman–Crippen MR) is 88.3 cm³/mol. The Kier molecular flexibility index (Phi) is 3.56. The predicted octanol–water partition coefficient (Wildman–Crippen LogP) is 5.21. The van der Waals surface area contributed by atoms with E-state index in [-0.39, 0.29) is 11.2 Å². The van der Waals surface area contributed by atoms with E-state index in [0.29, 0.717) is 5.56 Å². The molecule has 0 atom stereocenters. The molecule has 0 radical (unpaired) electrons. The molecule has 3 rings (SSSR count). The summed E-state index contributed by atoms with van der Waals surface area (Å²) in [6.07, 6.45) is 2.01. The van der Waals surface area contributed by atoms with E-state index in [0.717, 1.165) is 24.4 Å². The summed E-state index contributed by atoms with van der Waals surface area (Å²) in [7, 11) is 0. The Morgan fingerprint density at radius 3 is 2.14 bits per heavy atom. The number of allylic oxidation sites excluding steroid dienone is 2. The van der Waals surface area contributed by atoms with Crippen molar-refractivity contribution in [2.45, 2.75) is 46.0 Å². The molecule has 0 N–H and O–H groups in total. The minimum absolute atomic E-state index is 0.0625. The monoisotopic (exact) mass is 294 g/mol. The highest BCUT2D eigenvalue weighted by molar-refractivity contribution is 5.95. The molecule has 114 valence electrons. The van der Waals surface area contributed by atoms with E-state index < -0.39 is 0 Å². The van der Waals surface area contributed by atoms with Gasteiger partial charge in [-0.05, 0) is 49.5 Å². The second-order valence-corrected chi connectivity index (χ2v) is 5.92. The SMILES string of the molecule is CCC1=C(CC)C1(c1ccccc1)c1cc(C(C)=O)c(C)o1. The molecule has 0 fully saturated rings. The third kappa shape index (κ3) is 1.90. The van der Waals surface area contributed by atoms with Gasteiger partial charge in [0.25, 0.3) is 0 Å². The van der Waals surface area contributed by atoms with Crippen LogP contribution in [0.25, 0.3) is 0 Å². The quantitative estimate of drug-likeness (QED) is 0.560. The number of benzene rings is 1. The Morgan fingerprint density at radius 2 is 1.68 bits per heavy atom. The molecule has 0 saturated carbocycles. The molecule has 1 heterocycles. The van der Waals surface area contributed by atoms with E-state index in [2.05, 4.69) is 38.1 Å². The number of Topliss-reactive ketones (excluding diaryl/α,β-unsaturated/α-hetero) is 1. The first-order valence-corrected chi connectivity index (χ1v) is 7.97. The molecule has 0 saturated heterocycles. The van der Waals surface area contributed by atoms with Crippen LogP contribution in [0.3, 0.4) is 0 Å². The molecule has 1 aliphatic carbocycles. The fourth-order valence-corrected chi connectivity index (χ4v) is 3.84. The molecule has 0 spiro atoms. The Bertz CT molecular complexity index is 733.